The van der Waals surface area contributed by atoms with Crippen molar-refractivity contribution in [1.29, 1.82) is 0 Å². The van der Waals surface area contributed by atoms with Gasteiger partial charge in [-0.3, -0.25) is 29.5 Å². The van der Waals surface area contributed by atoms with Crippen molar-refractivity contribution >= 4 is 108 Å². The largest absolute Gasteiger partial charge is 0.505 e. The Morgan fingerprint density at radius 2 is 0.654 bits per heavy atom. The van der Waals surface area contributed by atoms with Crippen molar-refractivity contribution < 1.29 is 52.6 Å². The van der Waals surface area contributed by atoms with Crippen molar-refractivity contribution in [2.45, 2.75) is 172 Å². The average Bonchev–Trinajstić information content (AvgIpc) is 0.794. The molecule has 5 aliphatic heterocycles. The standard InChI is InChI=1S/C26H33N7O3.C25H31N7O2.C25H28N4O3.C22H26N6O3/c1-17(2)31-25(34)18-15-29-26(30-16-18)32-19-3-5-21(6-4-19)36-23-14-20(33-9-11-35-12-10-33)13-22-24(23)28-8-7-27-22;1-8-31(9-1)20-16-28-25(29-17-20)30-18-2-4-21(5-3-18)34-23-15-19(32-10-12-33-13-11-32)14-22-24(23)27-7-6-26-22;30-25(28-19-4-2-1-3-5-19)18-6-8-21(9-7-18)32-23-17-20(29-12-14-31-15-13-29)16-22-24(23)27-11-10-26-22;29-17-13-25-22(26-14-17)27-15-1-3-18(4-2-15)31-20-12-16(28-7-9-30-10-8-28)11-19-21(20)24-6-5-23-19/h7-8,13-17,19,21H,3-6,9-12H2,1-2H3,(H,31,34)(H,29,30,32);6-7,14-18,21H,1-5,8-13H2,(H,28,29,30);1-5,10-11,16-18,21H,6-9,12-15H2,(H,28,30);5-6,11-15,18,29H,1-4,7-10H2,(H,25,26,27). The number of para-hydroxylation sites is 1. The molecule has 21 rings (SSSR count). The van der Waals surface area contributed by atoms with Gasteiger partial charge in [-0.15, -0.1) is 0 Å². The molecule has 5 aromatic carbocycles. The summed E-state index contributed by atoms with van der Waals surface area (Å²) < 4.78 is 48.0. The van der Waals surface area contributed by atoms with Gasteiger partial charge in [0.05, 0.1) is 135 Å². The molecule has 696 valence electrons. The quantitative estimate of drug-likeness (QED) is 0.0346. The Hall–Kier alpha value is -13.1. The number of fused-ring (bicyclic) bond motifs is 4. The van der Waals surface area contributed by atoms with Gasteiger partial charge in [-0.05, 0) is 159 Å². The van der Waals surface area contributed by atoms with Gasteiger partial charge in [0.25, 0.3) is 5.91 Å². The number of nitrogens with one attached hydrogen (secondary N) is 5. The second kappa shape index (κ2) is 44.4. The first kappa shape index (κ1) is 90.4. The lowest BCUT2D eigenvalue weighted by atomic mass is 9.86. The van der Waals surface area contributed by atoms with Gasteiger partial charge >= 0.3 is 0 Å². The van der Waals surface area contributed by atoms with Crippen molar-refractivity contribution in [3.63, 3.8) is 0 Å². The zero-order valence-corrected chi connectivity index (χ0v) is 75.6. The number of ether oxygens (including phenoxy) is 8. The number of carbonyl (C=O) groups excluding carboxylic acids is 2. The van der Waals surface area contributed by atoms with E-state index >= 15 is 0 Å². The number of hydrogen-bond acceptors (Lipinski definition) is 33. The van der Waals surface area contributed by atoms with E-state index in [1.54, 1.807) is 62.0 Å². The van der Waals surface area contributed by atoms with Crippen LogP contribution in [0.15, 0.2) is 166 Å². The fraction of sp³-hybridized carbons (Fsp3) is 0.469. The van der Waals surface area contributed by atoms with Crippen molar-refractivity contribution in [3.05, 3.63) is 171 Å². The van der Waals surface area contributed by atoms with Crippen molar-refractivity contribution in [3.8, 4) is 28.7 Å². The maximum Gasteiger partial charge on any atom is 0.254 e. The fourth-order valence-electron chi connectivity index (χ4n) is 18.3. The van der Waals surface area contributed by atoms with Gasteiger partial charge in [0, 0.05) is 210 Å². The van der Waals surface area contributed by atoms with Crippen molar-refractivity contribution in [2.24, 2.45) is 5.92 Å². The van der Waals surface area contributed by atoms with E-state index in [0.29, 0.717) is 35.5 Å². The lowest BCUT2D eigenvalue weighted by molar-refractivity contribution is -0.121. The highest BCUT2D eigenvalue weighted by Crippen LogP contribution is 2.40. The topological polar surface area (TPSA) is 385 Å². The fourth-order valence-corrected chi connectivity index (χ4v) is 18.3. The summed E-state index contributed by atoms with van der Waals surface area (Å²) in [6.07, 6.45) is 40.1. The molecule has 133 heavy (non-hydrogen) atoms. The molecule has 0 radical (unpaired) electrons. The maximum absolute atomic E-state index is 12.6. The molecule has 4 saturated carbocycles. The lowest BCUT2D eigenvalue weighted by Gasteiger charge is -2.33. The first-order chi connectivity index (χ1) is 65.4. The Kier molecular flexibility index (Phi) is 30.2. The summed E-state index contributed by atoms with van der Waals surface area (Å²) in [6, 6.07) is 27.4. The van der Waals surface area contributed by atoms with Gasteiger partial charge in [0.2, 0.25) is 23.8 Å². The molecule has 35 heteroatoms. The van der Waals surface area contributed by atoms with E-state index in [9.17, 15) is 14.7 Å². The van der Waals surface area contributed by atoms with Crippen LogP contribution in [0.25, 0.3) is 44.1 Å². The predicted molar refractivity (Wildman–Crippen MR) is 510 cm³/mol. The smallest absolute Gasteiger partial charge is 0.254 e. The van der Waals surface area contributed by atoms with Crippen LogP contribution >= 0.6 is 0 Å². The Balaban J connectivity index is 0.000000119. The van der Waals surface area contributed by atoms with E-state index in [2.05, 4.69) is 169 Å². The summed E-state index contributed by atoms with van der Waals surface area (Å²) in [4.78, 5) is 98.5. The molecular weight excluding hydrogens is 1690 g/mol. The van der Waals surface area contributed by atoms with E-state index in [-0.39, 0.29) is 60.0 Å². The summed E-state index contributed by atoms with van der Waals surface area (Å²) in [5.41, 5.74) is 13.4. The van der Waals surface area contributed by atoms with Crippen molar-refractivity contribution in [2.75, 3.05) is 164 Å². The molecule has 0 atom stereocenters. The number of morpholine rings is 4. The van der Waals surface area contributed by atoms with Gasteiger partial charge in [-0.2, -0.15) is 0 Å². The Morgan fingerprint density at radius 1 is 0.353 bits per heavy atom. The average molecular weight is 1810 g/mol. The third-order valence-corrected chi connectivity index (χ3v) is 25.7. The zero-order chi connectivity index (χ0) is 90.4. The number of anilines is 9. The molecule has 12 aromatic rings. The first-order valence-corrected chi connectivity index (χ1v) is 47.2. The highest BCUT2D eigenvalue weighted by molar-refractivity contribution is 5.94. The zero-order valence-electron chi connectivity index (χ0n) is 75.6. The second-order valence-electron chi connectivity index (χ2n) is 35.3. The van der Waals surface area contributed by atoms with Gasteiger partial charge < -0.3 is 94.1 Å². The number of aromatic nitrogens is 14. The van der Waals surface area contributed by atoms with Crippen LogP contribution in [-0.4, -0.2) is 254 Å². The van der Waals surface area contributed by atoms with Gasteiger partial charge in [0.15, 0.2) is 5.75 Å². The number of carbonyl (C=O) groups is 2. The number of aromatic hydroxyl groups is 1. The highest BCUT2D eigenvalue weighted by atomic mass is 16.5. The van der Waals surface area contributed by atoms with Crippen LogP contribution in [-0.2, 0) is 23.7 Å². The molecule has 35 nitrogen and oxygen atoms in total. The molecule has 12 heterocycles. The molecule has 0 unspecified atom stereocenters. The van der Waals surface area contributed by atoms with Crippen LogP contribution in [0.5, 0.6) is 28.7 Å². The number of amides is 2. The van der Waals surface area contributed by atoms with Gasteiger partial charge in [0.1, 0.15) is 45.1 Å². The van der Waals surface area contributed by atoms with E-state index in [1.165, 1.54) is 18.8 Å². The summed E-state index contributed by atoms with van der Waals surface area (Å²) in [5, 5.41) is 25.5. The Bertz CT molecular complexity index is 5770. The maximum atomic E-state index is 12.6. The normalized spacial score (nSPS) is 21.6. The minimum absolute atomic E-state index is 0.0197. The van der Waals surface area contributed by atoms with Crippen LogP contribution in [0.4, 0.5) is 52.0 Å². The molecule has 0 bridgehead atoms. The number of nitrogens with zero attached hydrogens (tertiary/aromatic N) is 19. The Morgan fingerprint density at radius 3 is 0.970 bits per heavy atom. The molecule has 5 saturated heterocycles. The van der Waals surface area contributed by atoms with Crippen LogP contribution in [0.3, 0.4) is 0 Å². The summed E-state index contributed by atoms with van der Waals surface area (Å²) in [5.74, 6) is 5.01. The number of hydrogen-bond donors (Lipinski definition) is 6. The molecule has 7 aromatic heterocycles. The minimum Gasteiger partial charge on any atom is -0.505 e. The Labute approximate surface area is 773 Å². The molecule has 4 aliphatic carbocycles. The molecule has 6 N–H and O–H groups in total. The second-order valence-corrected chi connectivity index (χ2v) is 35.3. The number of benzene rings is 5. The van der Waals surface area contributed by atoms with Crippen LogP contribution in [0.1, 0.15) is 133 Å². The molecule has 9 aliphatic rings. The molecule has 2 amide bonds. The third kappa shape index (κ3) is 24.2. The van der Waals surface area contributed by atoms with E-state index < -0.39 is 0 Å². The summed E-state index contributed by atoms with van der Waals surface area (Å²) in [7, 11) is 0. The lowest BCUT2D eigenvalue weighted by Crippen LogP contribution is -2.37. The molecule has 0 spiro atoms. The monoisotopic (exact) mass is 1810 g/mol. The first-order valence-electron chi connectivity index (χ1n) is 47.2. The van der Waals surface area contributed by atoms with Crippen LogP contribution in [0, 0.1) is 5.92 Å². The van der Waals surface area contributed by atoms with Gasteiger partial charge in [-0.25, -0.2) is 49.8 Å². The summed E-state index contributed by atoms with van der Waals surface area (Å²) in [6.45, 7) is 18.8. The van der Waals surface area contributed by atoms with E-state index in [1.807, 2.05) is 56.6 Å². The molecular formula is C98H118N24O11. The highest BCUT2D eigenvalue weighted by Gasteiger charge is 2.33. The molecule has 9 fully saturated rings. The number of rotatable bonds is 23. The van der Waals surface area contributed by atoms with E-state index in [4.69, 9.17) is 37.9 Å². The van der Waals surface area contributed by atoms with E-state index in [0.717, 1.165) is 322 Å². The van der Waals surface area contributed by atoms with Gasteiger partial charge in [-0.1, -0.05) is 18.2 Å². The summed E-state index contributed by atoms with van der Waals surface area (Å²) >= 11 is 0. The predicted octanol–water partition coefficient (Wildman–Crippen LogP) is 13.3. The van der Waals surface area contributed by atoms with Crippen LogP contribution in [0.2, 0.25) is 0 Å². The van der Waals surface area contributed by atoms with Crippen molar-refractivity contribution in [1.82, 2.24) is 75.1 Å². The third-order valence-electron chi connectivity index (χ3n) is 25.7. The van der Waals surface area contributed by atoms with Crippen LogP contribution < -0.4 is 70.0 Å². The SMILES string of the molecule is CC(C)NC(=O)c1cnc(NC2CCC(Oc3cc(N4CCOCC4)cc4nccnc34)CC2)nc1.O=C(Nc1ccccc1)C1CCC(Oc2cc(N3CCOCC3)cc3nccnc23)CC1.Oc1cnc(NC2CCC(Oc3cc(N4CCOCC4)cc4nccnc34)CC2)nc1.c1cnc2c(OC3CCC(Nc4ncc(N5CCC5)cn4)CC3)cc(N3CCOCC3)cc2n1. The minimum atomic E-state index is -0.163.